The van der Waals surface area contributed by atoms with Crippen molar-refractivity contribution < 1.29 is 14.7 Å². The van der Waals surface area contributed by atoms with Crippen LogP contribution in [0.1, 0.15) is 12.1 Å². The normalized spacial score (nSPS) is 17.9. The Balaban J connectivity index is 1.84. The number of carbonyl (C=O) groups excluding carboxylic acids is 1. The average Bonchev–Trinajstić information content (AvgIpc) is 2.81. The van der Waals surface area contributed by atoms with Gasteiger partial charge in [0.25, 0.3) is 0 Å². The molecule has 1 aromatic heterocycles. The first kappa shape index (κ1) is 15.5. The summed E-state index contributed by atoms with van der Waals surface area (Å²) in [5.74, 6) is -1.31. The van der Waals surface area contributed by atoms with Gasteiger partial charge in [0.15, 0.2) is 0 Å². The average molecular weight is 295 g/mol. The van der Waals surface area contributed by atoms with Gasteiger partial charge in [-0.2, -0.15) is 0 Å². The third-order valence-corrected chi connectivity index (χ3v) is 3.41. The van der Waals surface area contributed by atoms with E-state index >= 15 is 0 Å². The Kier molecular flexibility index (Phi) is 5.70. The Morgan fingerprint density at radius 1 is 1.43 bits per heavy atom. The molecule has 8 heteroatoms. The number of carboxylic acids is 1. The molecule has 0 aromatic carbocycles. The van der Waals surface area contributed by atoms with E-state index in [0.717, 1.165) is 32.6 Å². The van der Waals surface area contributed by atoms with Crippen LogP contribution in [-0.4, -0.2) is 70.6 Å². The fourth-order valence-corrected chi connectivity index (χ4v) is 2.32. The molecule has 1 aliphatic heterocycles. The van der Waals surface area contributed by atoms with E-state index in [2.05, 4.69) is 20.6 Å². The van der Waals surface area contributed by atoms with Gasteiger partial charge in [0.2, 0.25) is 5.91 Å². The van der Waals surface area contributed by atoms with E-state index in [1.54, 1.807) is 6.20 Å². The molecule has 0 unspecified atom stereocenters. The molecule has 1 aromatic rings. The van der Waals surface area contributed by atoms with E-state index in [1.165, 1.54) is 6.33 Å². The Morgan fingerprint density at radius 2 is 2.29 bits per heavy atom. The minimum Gasteiger partial charge on any atom is -0.480 e. The number of aliphatic carboxylic acids is 1. The fraction of sp³-hybridized carbons (Fsp3) is 0.615. The van der Waals surface area contributed by atoms with Gasteiger partial charge in [0.05, 0.1) is 12.9 Å². The monoisotopic (exact) mass is 295 g/mol. The summed E-state index contributed by atoms with van der Waals surface area (Å²) in [5, 5.41) is 15.0. The number of carboxylic acid groups (broad SMARTS) is 1. The molecule has 21 heavy (non-hydrogen) atoms. The first-order chi connectivity index (χ1) is 10.1. The van der Waals surface area contributed by atoms with E-state index < -0.39 is 12.0 Å². The maximum Gasteiger partial charge on any atom is 0.326 e. The third kappa shape index (κ3) is 5.16. The van der Waals surface area contributed by atoms with Gasteiger partial charge in [0.1, 0.15) is 6.04 Å². The number of carbonyl (C=O) groups is 2. The molecule has 0 radical (unpaired) electrons. The summed E-state index contributed by atoms with van der Waals surface area (Å²) in [4.78, 5) is 32.0. The van der Waals surface area contributed by atoms with Crippen LogP contribution in [-0.2, 0) is 16.0 Å². The summed E-state index contributed by atoms with van der Waals surface area (Å²) in [5.41, 5.74) is 0.682. The number of hydrogen-bond acceptors (Lipinski definition) is 5. The van der Waals surface area contributed by atoms with Crippen molar-refractivity contribution in [3.05, 3.63) is 18.2 Å². The highest BCUT2D eigenvalue weighted by atomic mass is 16.4. The molecule has 1 fully saturated rings. The minimum atomic E-state index is -1.05. The van der Waals surface area contributed by atoms with Gasteiger partial charge in [-0.25, -0.2) is 9.78 Å². The van der Waals surface area contributed by atoms with Crippen molar-refractivity contribution in [1.82, 2.24) is 25.5 Å². The van der Waals surface area contributed by atoms with Crippen molar-refractivity contribution in [3.8, 4) is 0 Å². The van der Waals surface area contributed by atoms with Crippen LogP contribution in [0.3, 0.4) is 0 Å². The molecular weight excluding hydrogens is 274 g/mol. The molecule has 0 aliphatic carbocycles. The summed E-state index contributed by atoms with van der Waals surface area (Å²) in [7, 11) is 0. The van der Waals surface area contributed by atoms with Crippen LogP contribution in [0.25, 0.3) is 0 Å². The van der Waals surface area contributed by atoms with Crippen LogP contribution in [0.15, 0.2) is 12.5 Å². The standard InChI is InChI=1S/C13H21N5O3/c19-12(8-18-4-1-2-14-3-5-18)17-11(13(20)21)6-10-7-15-9-16-10/h7,9,11,14H,1-6,8H2,(H,15,16)(H,17,19)(H,20,21)/t11-/m0/s1. The predicted octanol–water partition coefficient (Wildman–Crippen LogP) is -1.18. The zero-order valence-corrected chi connectivity index (χ0v) is 11.8. The number of H-pyrrole nitrogens is 1. The summed E-state index contributed by atoms with van der Waals surface area (Å²) < 4.78 is 0. The number of aromatic nitrogens is 2. The van der Waals surface area contributed by atoms with Crippen molar-refractivity contribution in [2.45, 2.75) is 18.9 Å². The first-order valence-electron chi connectivity index (χ1n) is 7.07. The molecule has 2 rings (SSSR count). The first-order valence-corrected chi connectivity index (χ1v) is 7.07. The second kappa shape index (κ2) is 7.75. The number of nitrogens with one attached hydrogen (secondary N) is 3. The lowest BCUT2D eigenvalue weighted by atomic mass is 10.1. The van der Waals surface area contributed by atoms with Gasteiger partial charge < -0.3 is 20.7 Å². The predicted molar refractivity (Wildman–Crippen MR) is 75.8 cm³/mol. The molecule has 1 atom stereocenters. The second-order valence-corrected chi connectivity index (χ2v) is 5.12. The summed E-state index contributed by atoms with van der Waals surface area (Å²) in [6.07, 6.45) is 4.23. The Morgan fingerprint density at radius 3 is 3.00 bits per heavy atom. The highest BCUT2D eigenvalue weighted by Crippen LogP contribution is 2.00. The van der Waals surface area contributed by atoms with Crippen LogP contribution >= 0.6 is 0 Å². The highest BCUT2D eigenvalue weighted by Gasteiger charge is 2.22. The summed E-state index contributed by atoms with van der Waals surface area (Å²) >= 11 is 0. The zero-order valence-electron chi connectivity index (χ0n) is 11.8. The smallest absolute Gasteiger partial charge is 0.326 e. The van der Waals surface area contributed by atoms with Crippen LogP contribution < -0.4 is 10.6 Å². The Hall–Kier alpha value is -1.93. The number of rotatable bonds is 6. The Bertz CT molecular complexity index is 454. The SMILES string of the molecule is O=C(CN1CCCNCC1)N[C@@H](Cc1cnc[nH]1)C(=O)O. The molecule has 0 saturated carbocycles. The molecule has 2 heterocycles. The molecule has 8 nitrogen and oxygen atoms in total. The van der Waals surface area contributed by atoms with Crippen molar-refractivity contribution >= 4 is 11.9 Å². The van der Waals surface area contributed by atoms with Gasteiger partial charge in [-0.3, -0.25) is 9.69 Å². The van der Waals surface area contributed by atoms with Crippen molar-refractivity contribution in [2.24, 2.45) is 0 Å². The van der Waals surface area contributed by atoms with Gasteiger partial charge in [-0.1, -0.05) is 0 Å². The number of nitrogens with zero attached hydrogens (tertiary/aromatic N) is 2. The highest BCUT2D eigenvalue weighted by molar-refractivity contribution is 5.84. The van der Waals surface area contributed by atoms with Crippen LogP contribution in [0.4, 0.5) is 0 Å². The van der Waals surface area contributed by atoms with Crippen LogP contribution in [0, 0.1) is 0 Å². The molecule has 1 aliphatic rings. The molecule has 1 amide bonds. The second-order valence-electron chi connectivity index (χ2n) is 5.12. The van der Waals surface area contributed by atoms with E-state index in [-0.39, 0.29) is 18.9 Å². The largest absolute Gasteiger partial charge is 0.480 e. The molecule has 0 bridgehead atoms. The number of imidazole rings is 1. The lowest BCUT2D eigenvalue weighted by Gasteiger charge is -2.20. The van der Waals surface area contributed by atoms with Crippen molar-refractivity contribution in [2.75, 3.05) is 32.7 Å². The quantitative estimate of drug-likeness (QED) is 0.526. The fourth-order valence-electron chi connectivity index (χ4n) is 2.32. The molecule has 4 N–H and O–H groups in total. The van der Waals surface area contributed by atoms with Gasteiger partial charge in [-0.05, 0) is 19.5 Å². The van der Waals surface area contributed by atoms with Gasteiger partial charge >= 0.3 is 5.97 Å². The topological polar surface area (TPSA) is 110 Å². The van der Waals surface area contributed by atoms with E-state index in [9.17, 15) is 14.7 Å². The van der Waals surface area contributed by atoms with Crippen molar-refractivity contribution in [3.63, 3.8) is 0 Å². The number of aromatic amines is 1. The maximum atomic E-state index is 12.0. The third-order valence-electron chi connectivity index (χ3n) is 3.41. The van der Waals surface area contributed by atoms with Gasteiger partial charge in [-0.15, -0.1) is 0 Å². The van der Waals surface area contributed by atoms with Gasteiger partial charge in [0, 0.05) is 31.4 Å². The lowest BCUT2D eigenvalue weighted by molar-refractivity contribution is -0.142. The molecule has 0 spiro atoms. The molecule has 1 saturated heterocycles. The number of amides is 1. The molecular formula is C13H21N5O3. The van der Waals surface area contributed by atoms with Crippen LogP contribution in [0.2, 0.25) is 0 Å². The summed E-state index contributed by atoms with van der Waals surface area (Å²) in [6.45, 7) is 3.68. The zero-order chi connectivity index (χ0) is 15.1. The Labute approximate surface area is 122 Å². The van der Waals surface area contributed by atoms with Crippen LogP contribution in [0.5, 0.6) is 0 Å². The number of hydrogen-bond donors (Lipinski definition) is 4. The summed E-state index contributed by atoms with van der Waals surface area (Å²) in [6, 6.07) is -0.942. The van der Waals surface area contributed by atoms with E-state index in [0.29, 0.717) is 5.69 Å². The lowest BCUT2D eigenvalue weighted by Crippen LogP contribution is -2.47. The molecule has 116 valence electrons. The van der Waals surface area contributed by atoms with E-state index in [4.69, 9.17) is 0 Å². The minimum absolute atomic E-state index is 0.197. The van der Waals surface area contributed by atoms with E-state index in [1.807, 2.05) is 4.90 Å². The maximum absolute atomic E-state index is 12.0. The van der Waals surface area contributed by atoms with Crippen molar-refractivity contribution in [1.29, 1.82) is 0 Å².